The van der Waals surface area contributed by atoms with Crippen LogP contribution in [-0.4, -0.2) is 18.3 Å². The Bertz CT molecular complexity index is 540. The van der Waals surface area contributed by atoms with Gasteiger partial charge in [-0.3, -0.25) is 0 Å². The van der Waals surface area contributed by atoms with Crippen molar-refractivity contribution in [1.82, 2.24) is 0 Å². The lowest BCUT2D eigenvalue weighted by molar-refractivity contribution is 0.271. The van der Waals surface area contributed by atoms with Crippen LogP contribution >= 0.6 is 0 Å². The number of ether oxygens (including phenoxy) is 2. The van der Waals surface area contributed by atoms with Gasteiger partial charge in [0.15, 0.2) is 0 Å². The van der Waals surface area contributed by atoms with E-state index in [2.05, 4.69) is 13.8 Å². The molecule has 0 fully saturated rings. The molecule has 1 rings (SSSR count). The van der Waals surface area contributed by atoms with Crippen LogP contribution < -0.4 is 9.47 Å². The lowest BCUT2D eigenvalue weighted by Gasteiger charge is -2.12. The van der Waals surface area contributed by atoms with Crippen LogP contribution in [0.3, 0.4) is 0 Å². The molecule has 0 spiro atoms. The molecule has 0 aliphatic rings. The Morgan fingerprint density at radius 2 is 0.750 bits per heavy atom. The number of benzene rings is 1. The van der Waals surface area contributed by atoms with Crippen LogP contribution in [-0.2, 0) is 6.61 Å². The Hall–Kier alpha value is -1.22. The Balaban J connectivity index is 2.06. The quantitative estimate of drug-likeness (QED) is 0.121. The average Bonchev–Trinajstić information content (AvgIpc) is 2.89. The maximum absolute atomic E-state index is 9.62. The van der Waals surface area contributed by atoms with Crippen LogP contribution in [0.4, 0.5) is 0 Å². The van der Waals surface area contributed by atoms with Crippen molar-refractivity contribution in [2.75, 3.05) is 13.2 Å². The average molecular weight is 505 g/mol. The first-order valence-corrected chi connectivity index (χ1v) is 15.8. The molecule has 3 heteroatoms. The van der Waals surface area contributed by atoms with Gasteiger partial charge in [0.25, 0.3) is 0 Å². The monoisotopic (exact) mass is 504 g/mol. The number of hydrogen-bond donors (Lipinski definition) is 1. The molecule has 0 unspecified atom stereocenters. The molecule has 0 bridgehead atoms. The lowest BCUT2D eigenvalue weighted by atomic mass is 10.1. The van der Waals surface area contributed by atoms with Crippen LogP contribution in [0.25, 0.3) is 0 Å². The summed E-state index contributed by atoms with van der Waals surface area (Å²) in [7, 11) is 0. The molecule has 0 saturated heterocycles. The molecule has 0 saturated carbocycles. The molecular formula is C33H60O3. The number of hydrogen-bond acceptors (Lipinski definition) is 3. The van der Waals surface area contributed by atoms with Crippen molar-refractivity contribution >= 4 is 0 Å². The van der Waals surface area contributed by atoms with Gasteiger partial charge in [0.1, 0.15) is 11.5 Å². The highest BCUT2D eigenvalue weighted by Gasteiger charge is 2.04. The number of rotatable bonds is 27. The van der Waals surface area contributed by atoms with Crippen LogP contribution in [0, 0.1) is 0 Å². The van der Waals surface area contributed by atoms with Gasteiger partial charge in [0.2, 0.25) is 0 Å². The van der Waals surface area contributed by atoms with E-state index in [1.165, 1.54) is 128 Å². The SMILES string of the molecule is CCCCCCCCCCCCCOc1cc(CO)cc(OCCCCCCCCCCCCC)c1. The van der Waals surface area contributed by atoms with Gasteiger partial charge in [-0.25, -0.2) is 0 Å². The minimum absolute atomic E-state index is 0.0183. The highest BCUT2D eigenvalue weighted by Crippen LogP contribution is 2.24. The standard InChI is InChI=1S/C33H60O3/c1-3-5-7-9-11-13-15-17-19-21-23-25-35-32-27-31(30-34)28-33(29-32)36-26-24-22-20-18-16-14-12-10-8-6-4-2/h27-29,34H,3-26,30H2,1-2H3. The fourth-order valence-electron chi connectivity index (χ4n) is 4.80. The topological polar surface area (TPSA) is 38.7 Å². The number of aliphatic hydroxyl groups excluding tert-OH is 1. The second-order valence-electron chi connectivity index (χ2n) is 10.7. The Labute approximate surface area is 224 Å². The van der Waals surface area contributed by atoms with E-state index in [0.29, 0.717) is 0 Å². The largest absolute Gasteiger partial charge is 0.493 e. The number of unbranched alkanes of at least 4 members (excludes halogenated alkanes) is 20. The van der Waals surface area contributed by atoms with Gasteiger partial charge in [0.05, 0.1) is 19.8 Å². The molecule has 0 amide bonds. The summed E-state index contributed by atoms with van der Waals surface area (Å²) in [5, 5.41) is 9.62. The van der Waals surface area contributed by atoms with Crippen LogP contribution in [0.1, 0.15) is 161 Å². The molecule has 0 aromatic heterocycles. The van der Waals surface area contributed by atoms with Crippen LogP contribution in [0.2, 0.25) is 0 Å². The fraction of sp³-hybridized carbons (Fsp3) is 0.818. The van der Waals surface area contributed by atoms with Crippen molar-refractivity contribution in [3.05, 3.63) is 23.8 Å². The first kappa shape index (κ1) is 32.8. The summed E-state index contributed by atoms with van der Waals surface area (Å²) in [5.41, 5.74) is 0.861. The van der Waals surface area contributed by atoms with E-state index >= 15 is 0 Å². The minimum atomic E-state index is 0.0183. The molecule has 1 aromatic carbocycles. The van der Waals surface area contributed by atoms with E-state index in [9.17, 15) is 5.11 Å². The third-order valence-corrected chi connectivity index (χ3v) is 7.16. The third-order valence-electron chi connectivity index (χ3n) is 7.16. The van der Waals surface area contributed by atoms with E-state index < -0.39 is 0 Å². The maximum Gasteiger partial charge on any atom is 0.123 e. The van der Waals surface area contributed by atoms with E-state index in [4.69, 9.17) is 9.47 Å². The normalized spacial score (nSPS) is 11.2. The first-order valence-electron chi connectivity index (χ1n) is 15.8. The van der Waals surface area contributed by atoms with E-state index in [1.54, 1.807) is 0 Å². The molecule has 1 N–H and O–H groups in total. The molecule has 36 heavy (non-hydrogen) atoms. The first-order chi connectivity index (χ1) is 17.8. The summed E-state index contributed by atoms with van der Waals surface area (Å²) in [4.78, 5) is 0. The smallest absolute Gasteiger partial charge is 0.123 e. The van der Waals surface area contributed by atoms with Crippen molar-refractivity contribution in [2.24, 2.45) is 0 Å². The molecule has 210 valence electrons. The summed E-state index contributed by atoms with van der Waals surface area (Å²) < 4.78 is 12.0. The molecule has 0 heterocycles. The van der Waals surface area contributed by atoms with Gasteiger partial charge in [-0.1, -0.05) is 142 Å². The van der Waals surface area contributed by atoms with Gasteiger partial charge in [-0.15, -0.1) is 0 Å². The fourth-order valence-corrected chi connectivity index (χ4v) is 4.80. The molecular weight excluding hydrogens is 444 g/mol. The molecule has 0 radical (unpaired) electrons. The van der Waals surface area contributed by atoms with Gasteiger partial charge in [-0.05, 0) is 30.5 Å². The molecule has 0 aliphatic heterocycles. The van der Waals surface area contributed by atoms with Crippen LogP contribution in [0.5, 0.6) is 11.5 Å². The predicted molar refractivity (Wildman–Crippen MR) is 156 cm³/mol. The van der Waals surface area contributed by atoms with Crippen molar-refractivity contribution in [2.45, 2.75) is 162 Å². The van der Waals surface area contributed by atoms with Gasteiger partial charge >= 0.3 is 0 Å². The van der Waals surface area contributed by atoms with E-state index in [1.807, 2.05) is 18.2 Å². The Morgan fingerprint density at radius 1 is 0.444 bits per heavy atom. The summed E-state index contributed by atoms with van der Waals surface area (Å²) in [5.74, 6) is 1.64. The zero-order chi connectivity index (χ0) is 25.9. The van der Waals surface area contributed by atoms with Crippen molar-refractivity contribution < 1.29 is 14.6 Å². The van der Waals surface area contributed by atoms with E-state index in [-0.39, 0.29) is 6.61 Å². The summed E-state index contributed by atoms with van der Waals surface area (Å²) in [6.45, 7) is 6.05. The zero-order valence-electron chi connectivity index (χ0n) is 24.2. The Kier molecular flexibility index (Phi) is 23.2. The minimum Gasteiger partial charge on any atom is -0.493 e. The van der Waals surface area contributed by atoms with Crippen molar-refractivity contribution in [3.63, 3.8) is 0 Å². The Morgan fingerprint density at radius 3 is 1.06 bits per heavy atom. The molecule has 3 nitrogen and oxygen atoms in total. The second-order valence-corrected chi connectivity index (χ2v) is 10.7. The van der Waals surface area contributed by atoms with E-state index in [0.717, 1.165) is 43.1 Å². The third kappa shape index (κ3) is 19.9. The number of aliphatic hydroxyl groups is 1. The van der Waals surface area contributed by atoms with Gasteiger partial charge < -0.3 is 14.6 Å². The molecule has 0 atom stereocenters. The predicted octanol–water partition coefficient (Wildman–Crippen LogP) is 10.6. The zero-order valence-corrected chi connectivity index (χ0v) is 24.2. The van der Waals surface area contributed by atoms with Crippen LogP contribution in [0.15, 0.2) is 18.2 Å². The maximum atomic E-state index is 9.62. The highest BCUT2D eigenvalue weighted by atomic mass is 16.5. The molecule has 1 aromatic rings. The lowest BCUT2D eigenvalue weighted by Crippen LogP contribution is -2.01. The highest BCUT2D eigenvalue weighted by molar-refractivity contribution is 5.38. The molecule has 0 aliphatic carbocycles. The summed E-state index contributed by atoms with van der Waals surface area (Å²) in [6, 6.07) is 5.86. The summed E-state index contributed by atoms with van der Waals surface area (Å²) in [6.07, 6.45) is 29.5. The second kappa shape index (κ2) is 25.4. The van der Waals surface area contributed by atoms with Crippen molar-refractivity contribution in [1.29, 1.82) is 0 Å². The van der Waals surface area contributed by atoms with Gasteiger partial charge in [0, 0.05) is 6.07 Å². The summed E-state index contributed by atoms with van der Waals surface area (Å²) >= 11 is 0. The van der Waals surface area contributed by atoms with Gasteiger partial charge in [-0.2, -0.15) is 0 Å². The van der Waals surface area contributed by atoms with Crippen molar-refractivity contribution in [3.8, 4) is 11.5 Å².